The number of nitrogens with zero attached hydrogens (tertiary/aromatic N) is 1. The predicted molar refractivity (Wildman–Crippen MR) is 92.1 cm³/mol. The Balaban J connectivity index is 1.72. The normalized spacial score (nSPS) is 24.7. The van der Waals surface area contributed by atoms with Gasteiger partial charge in [-0.3, -0.25) is 4.90 Å². The summed E-state index contributed by atoms with van der Waals surface area (Å²) in [5.41, 5.74) is 2.33. The van der Waals surface area contributed by atoms with Crippen LogP contribution in [0.3, 0.4) is 0 Å². The first-order valence-corrected chi connectivity index (χ1v) is 9.67. The van der Waals surface area contributed by atoms with Gasteiger partial charge in [0, 0.05) is 30.7 Å². The van der Waals surface area contributed by atoms with E-state index in [0.717, 1.165) is 0 Å². The van der Waals surface area contributed by atoms with Crippen molar-refractivity contribution in [3.63, 3.8) is 0 Å². The summed E-state index contributed by atoms with van der Waals surface area (Å²) < 4.78 is 0. The third-order valence-electron chi connectivity index (χ3n) is 6.08. The van der Waals surface area contributed by atoms with Gasteiger partial charge in [-0.2, -0.15) is 11.3 Å². The van der Waals surface area contributed by atoms with E-state index in [4.69, 9.17) is 0 Å². The number of hydrogen-bond donors (Lipinski definition) is 1. The molecule has 1 aliphatic carbocycles. The van der Waals surface area contributed by atoms with Gasteiger partial charge in [0.2, 0.25) is 0 Å². The Morgan fingerprint density at radius 1 is 1.24 bits per heavy atom. The maximum absolute atomic E-state index is 3.97. The van der Waals surface area contributed by atoms with Crippen LogP contribution >= 0.6 is 11.3 Å². The van der Waals surface area contributed by atoms with Crippen LogP contribution in [0.25, 0.3) is 0 Å². The van der Waals surface area contributed by atoms with E-state index < -0.39 is 0 Å². The summed E-state index contributed by atoms with van der Waals surface area (Å²) >= 11 is 1.83. The third kappa shape index (κ3) is 3.06. The lowest BCUT2D eigenvalue weighted by Gasteiger charge is -2.54. The van der Waals surface area contributed by atoms with Crippen LogP contribution < -0.4 is 5.32 Å². The molecular formula is C18H30N2S. The van der Waals surface area contributed by atoms with E-state index in [1.807, 2.05) is 11.3 Å². The Morgan fingerprint density at radius 3 is 2.62 bits per heavy atom. The summed E-state index contributed by atoms with van der Waals surface area (Å²) in [7, 11) is 0. The monoisotopic (exact) mass is 306 g/mol. The van der Waals surface area contributed by atoms with Gasteiger partial charge in [0.25, 0.3) is 0 Å². The molecule has 0 radical (unpaired) electrons. The van der Waals surface area contributed by atoms with E-state index in [2.05, 4.69) is 40.9 Å². The van der Waals surface area contributed by atoms with Crippen molar-refractivity contribution in [2.75, 3.05) is 19.6 Å². The average molecular weight is 307 g/mol. The van der Waals surface area contributed by atoms with Crippen molar-refractivity contribution in [1.29, 1.82) is 0 Å². The molecule has 0 amide bonds. The molecule has 118 valence electrons. The lowest BCUT2D eigenvalue weighted by Crippen LogP contribution is -2.69. The van der Waals surface area contributed by atoms with Crippen molar-refractivity contribution in [3.05, 3.63) is 22.4 Å². The molecule has 3 rings (SSSR count). The van der Waals surface area contributed by atoms with Gasteiger partial charge in [-0.15, -0.1) is 0 Å². The van der Waals surface area contributed by atoms with Crippen molar-refractivity contribution < 1.29 is 0 Å². The molecule has 2 fully saturated rings. The minimum Gasteiger partial charge on any atom is -0.308 e. The topological polar surface area (TPSA) is 15.3 Å². The SMILES string of the molecule is CCC1(CC)CNC2(CCCC2)CN1CCc1ccsc1. The number of thiophene rings is 1. The summed E-state index contributed by atoms with van der Waals surface area (Å²) in [6.07, 6.45) is 9.32. The largest absolute Gasteiger partial charge is 0.308 e. The zero-order valence-corrected chi connectivity index (χ0v) is 14.5. The molecule has 1 N–H and O–H groups in total. The predicted octanol–water partition coefficient (Wildman–Crippen LogP) is 4.07. The van der Waals surface area contributed by atoms with Crippen molar-refractivity contribution in [2.45, 2.75) is 69.9 Å². The zero-order valence-electron chi connectivity index (χ0n) is 13.7. The van der Waals surface area contributed by atoms with Crippen LogP contribution in [0.2, 0.25) is 0 Å². The summed E-state index contributed by atoms with van der Waals surface area (Å²) in [5, 5.41) is 8.49. The summed E-state index contributed by atoms with van der Waals surface area (Å²) in [6, 6.07) is 2.29. The number of piperazine rings is 1. The van der Waals surface area contributed by atoms with Crippen LogP contribution in [0, 0.1) is 0 Å². The fourth-order valence-corrected chi connectivity index (χ4v) is 5.10. The van der Waals surface area contributed by atoms with E-state index in [0.29, 0.717) is 11.1 Å². The fraction of sp³-hybridized carbons (Fsp3) is 0.778. The van der Waals surface area contributed by atoms with Gasteiger partial charge < -0.3 is 5.32 Å². The third-order valence-corrected chi connectivity index (χ3v) is 6.82. The molecule has 1 aromatic rings. The first-order valence-electron chi connectivity index (χ1n) is 8.73. The van der Waals surface area contributed by atoms with E-state index in [1.54, 1.807) is 0 Å². The first-order chi connectivity index (χ1) is 10.2. The van der Waals surface area contributed by atoms with E-state index in [1.165, 1.54) is 70.1 Å². The van der Waals surface area contributed by atoms with Gasteiger partial charge in [-0.25, -0.2) is 0 Å². The second-order valence-electron chi connectivity index (χ2n) is 7.08. The van der Waals surface area contributed by atoms with Crippen molar-refractivity contribution in [1.82, 2.24) is 10.2 Å². The van der Waals surface area contributed by atoms with Crippen LogP contribution in [0.4, 0.5) is 0 Å². The van der Waals surface area contributed by atoms with Crippen molar-refractivity contribution >= 4 is 11.3 Å². The highest BCUT2D eigenvalue weighted by Crippen LogP contribution is 2.38. The molecule has 21 heavy (non-hydrogen) atoms. The van der Waals surface area contributed by atoms with Gasteiger partial charge in [-0.1, -0.05) is 26.7 Å². The Kier molecular flexibility index (Phi) is 4.72. The highest BCUT2D eigenvalue weighted by Gasteiger charge is 2.46. The lowest BCUT2D eigenvalue weighted by molar-refractivity contribution is 0.000805. The highest BCUT2D eigenvalue weighted by molar-refractivity contribution is 7.07. The Bertz CT molecular complexity index is 430. The van der Waals surface area contributed by atoms with Crippen LogP contribution in [0.1, 0.15) is 57.9 Å². The molecule has 0 aromatic carbocycles. The van der Waals surface area contributed by atoms with Crippen LogP contribution in [0.5, 0.6) is 0 Å². The Hall–Kier alpha value is -0.380. The summed E-state index contributed by atoms with van der Waals surface area (Å²) in [4.78, 5) is 2.84. The smallest absolute Gasteiger partial charge is 0.0329 e. The lowest BCUT2D eigenvalue weighted by atomic mass is 9.82. The average Bonchev–Trinajstić information content (AvgIpc) is 3.18. The molecule has 0 unspecified atom stereocenters. The molecule has 0 atom stereocenters. The highest BCUT2D eigenvalue weighted by atomic mass is 32.1. The Morgan fingerprint density at radius 2 is 2.00 bits per heavy atom. The minimum absolute atomic E-state index is 0.379. The quantitative estimate of drug-likeness (QED) is 0.882. The molecule has 1 spiro atoms. The van der Waals surface area contributed by atoms with E-state index >= 15 is 0 Å². The summed E-state index contributed by atoms with van der Waals surface area (Å²) in [5.74, 6) is 0. The van der Waals surface area contributed by atoms with Gasteiger partial charge in [0.1, 0.15) is 0 Å². The molecule has 3 heteroatoms. The van der Waals surface area contributed by atoms with Crippen LogP contribution in [0.15, 0.2) is 16.8 Å². The van der Waals surface area contributed by atoms with Crippen molar-refractivity contribution in [3.8, 4) is 0 Å². The van der Waals surface area contributed by atoms with E-state index in [9.17, 15) is 0 Å². The molecule has 2 nitrogen and oxygen atoms in total. The van der Waals surface area contributed by atoms with Crippen LogP contribution in [-0.2, 0) is 6.42 Å². The van der Waals surface area contributed by atoms with E-state index in [-0.39, 0.29) is 0 Å². The number of nitrogens with one attached hydrogen (secondary N) is 1. The molecule has 1 saturated heterocycles. The van der Waals surface area contributed by atoms with Gasteiger partial charge in [0.05, 0.1) is 0 Å². The second kappa shape index (κ2) is 6.39. The number of hydrogen-bond acceptors (Lipinski definition) is 3. The molecule has 0 bridgehead atoms. The maximum Gasteiger partial charge on any atom is 0.0329 e. The van der Waals surface area contributed by atoms with Crippen LogP contribution in [-0.4, -0.2) is 35.6 Å². The fourth-order valence-electron chi connectivity index (χ4n) is 4.40. The molecule has 2 heterocycles. The zero-order chi connectivity index (χ0) is 14.8. The molecular weight excluding hydrogens is 276 g/mol. The summed E-state index contributed by atoms with van der Waals surface area (Å²) in [6.45, 7) is 8.41. The molecule has 1 saturated carbocycles. The molecule has 1 aromatic heterocycles. The number of rotatable bonds is 5. The van der Waals surface area contributed by atoms with Gasteiger partial charge >= 0.3 is 0 Å². The molecule has 1 aliphatic heterocycles. The Labute approximate surface area is 133 Å². The maximum atomic E-state index is 3.97. The molecule has 2 aliphatic rings. The standard InChI is InChI=1S/C18H30N2S/c1-3-18(4-2)14-19-17(9-5-6-10-17)15-20(18)11-7-16-8-12-21-13-16/h8,12-13,19H,3-7,9-11,14-15H2,1-2H3. The minimum atomic E-state index is 0.379. The van der Waals surface area contributed by atoms with Crippen molar-refractivity contribution in [2.24, 2.45) is 0 Å². The second-order valence-corrected chi connectivity index (χ2v) is 7.86. The first kappa shape index (κ1) is 15.5. The van der Waals surface area contributed by atoms with Gasteiger partial charge in [0.15, 0.2) is 0 Å². The van der Waals surface area contributed by atoms with Gasteiger partial charge in [-0.05, 0) is 54.5 Å².